The molecule has 0 aromatic carbocycles. The zero-order valence-electron chi connectivity index (χ0n) is 14.4. The van der Waals surface area contributed by atoms with E-state index in [4.69, 9.17) is 0 Å². The number of hydrogen-bond acceptors (Lipinski definition) is 3. The Hall–Kier alpha value is -2.11. The summed E-state index contributed by atoms with van der Waals surface area (Å²) in [5, 5.41) is 9.08. The number of pyridine rings is 1. The van der Waals surface area contributed by atoms with Crippen LogP contribution >= 0.6 is 0 Å². The molecule has 6 heteroatoms. The zero-order valence-corrected chi connectivity index (χ0v) is 14.4. The van der Waals surface area contributed by atoms with Crippen LogP contribution in [-0.2, 0) is 10.2 Å². The second-order valence-electron chi connectivity index (χ2n) is 7.63. The number of carbonyl (C=O) groups is 2. The van der Waals surface area contributed by atoms with Crippen LogP contribution in [0.3, 0.4) is 0 Å². The van der Waals surface area contributed by atoms with Crippen molar-refractivity contribution in [3.8, 4) is 0 Å². The molecule has 2 aliphatic rings. The average Bonchev–Trinajstić information content (AvgIpc) is 2.89. The maximum atomic E-state index is 12.5. The summed E-state index contributed by atoms with van der Waals surface area (Å²) in [6.07, 6.45) is 7.90. The molecule has 1 aromatic heterocycles. The molecule has 1 saturated carbocycles. The van der Waals surface area contributed by atoms with Crippen molar-refractivity contribution in [1.82, 2.24) is 20.9 Å². The number of hydrogen-bond donors (Lipinski definition) is 3. The van der Waals surface area contributed by atoms with E-state index in [0.717, 1.165) is 31.2 Å². The van der Waals surface area contributed by atoms with E-state index in [1.165, 1.54) is 0 Å². The number of nitrogens with one attached hydrogen (secondary N) is 3. The number of nitrogens with zero attached hydrogens (tertiary/aromatic N) is 1. The molecule has 0 radical (unpaired) electrons. The van der Waals surface area contributed by atoms with Crippen molar-refractivity contribution in [3.05, 3.63) is 30.1 Å². The lowest BCUT2D eigenvalue weighted by atomic mass is 9.78. The van der Waals surface area contributed by atoms with Gasteiger partial charge in [-0.15, -0.1) is 0 Å². The van der Waals surface area contributed by atoms with Crippen LogP contribution in [0.1, 0.15) is 51.5 Å². The molecule has 0 unspecified atom stereocenters. The Kier molecular flexibility index (Phi) is 4.47. The fourth-order valence-electron chi connectivity index (χ4n) is 3.82. The number of aromatic nitrogens is 1. The molecule has 1 saturated heterocycles. The van der Waals surface area contributed by atoms with E-state index in [1.807, 2.05) is 18.3 Å². The molecule has 2 atom stereocenters. The first-order valence-corrected chi connectivity index (χ1v) is 8.67. The van der Waals surface area contributed by atoms with Crippen molar-refractivity contribution in [2.24, 2.45) is 0 Å². The van der Waals surface area contributed by atoms with Crippen LogP contribution in [0.15, 0.2) is 24.5 Å². The van der Waals surface area contributed by atoms with E-state index in [9.17, 15) is 9.59 Å². The van der Waals surface area contributed by atoms with Crippen LogP contribution in [0.2, 0.25) is 0 Å². The van der Waals surface area contributed by atoms with Gasteiger partial charge in [0, 0.05) is 24.4 Å². The van der Waals surface area contributed by atoms with Crippen molar-refractivity contribution >= 4 is 11.9 Å². The lowest BCUT2D eigenvalue weighted by Crippen LogP contribution is -2.60. The quantitative estimate of drug-likeness (QED) is 0.788. The van der Waals surface area contributed by atoms with Crippen molar-refractivity contribution in [2.75, 3.05) is 6.54 Å². The monoisotopic (exact) mass is 330 g/mol. The van der Waals surface area contributed by atoms with Crippen LogP contribution in [0.25, 0.3) is 0 Å². The molecule has 0 bridgehead atoms. The van der Waals surface area contributed by atoms with E-state index in [-0.39, 0.29) is 23.4 Å². The SMILES string of the molecule is CC(C)(CNC(=O)N[C@@]12CCCC[C@@H]1NC(=O)C2)c1cccnc1. The molecule has 3 rings (SSSR count). The zero-order chi connectivity index (χ0) is 17.2. The molecule has 130 valence electrons. The number of amides is 3. The first-order valence-electron chi connectivity index (χ1n) is 8.67. The number of urea groups is 1. The van der Waals surface area contributed by atoms with Gasteiger partial charge in [-0.3, -0.25) is 9.78 Å². The maximum Gasteiger partial charge on any atom is 0.315 e. The highest BCUT2D eigenvalue weighted by Gasteiger charge is 2.49. The highest BCUT2D eigenvalue weighted by molar-refractivity contribution is 5.83. The number of fused-ring (bicyclic) bond motifs is 1. The van der Waals surface area contributed by atoms with Gasteiger partial charge in [-0.1, -0.05) is 32.8 Å². The molecular weight excluding hydrogens is 304 g/mol. The Labute approximate surface area is 142 Å². The molecular formula is C18H26N4O2. The minimum atomic E-state index is -0.419. The molecule has 0 spiro atoms. The summed E-state index contributed by atoms with van der Waals surface area (Å²) in [6.45, 7) is 4.66. The molecule has 3 amide bonds. The van der Waals surface area contributed by atoms with E-state index < -0.39 is 5.54 Å². The first kappa shape index (κ1) is 16.7. The summed E-state index contributed by atoms with van der Waals surface area (Å²) in [6, 6.07) is 3.78. The number of rotatable bonds is 4. The van der Waals surface area contributed by atoms with E-state index in [1.54, 1.807) is 6.20 Å². The molecule has 3 N–H and O–H groups in total. The Morgan fingerprint density at radius 2 is 2.29 bits per heavy atom. The van der Waals surface area contributed by atoms with Crippen LogP contribution in [-0.4, -0.2) is 35.0 Å². The van der Waals surface area contributed by atoms with Gasteiger partial charge < -0.3 is 16.0 Å². The van der Waals surface area contributed by atoms with Gasteiger partial charge in [0.1, 0.15) is 0 Å². The lowest BCUT2D eigenvalue weighted by Gasteiger charge is -2.39. The van der Waals surface area contributed by atoms with Crippen LogP contribution < -0.4 is 16.0 Å². The molecule has 6 nitrogen and oxygen atoms in total. The highest BCUT2D eigenvalue weighted by Crippen LogP contribution is 2.35. The number of carbonyl (C=O) groups excluding carboxylic acids is 2. The Morgan fingerprint density at radius 1 is 1.46 bits per heavy atom. The minimum absolute atomic E-state index is 0.0397. The summed E-state index contributed by atoms with van der Waals surface area (Å²) in [4.78, 5) is 28.4. The molecule has 1 aromatic rings. The van der Waals surface area contributed by atoms with Gasteiger partial charge in [-0.2, -0.15) is 0 Å². The normalized spacial score (nSPS) is 26.4. The molecule has 1 aliphatic carbocycles. The average molecular weight is 330 g/mol. The van der Waals surface area contributed by atoms with Crippen LogP contribution in [0, 0.1) is 0 Å². The van der Waals surface area contributed by atoms with Gasteiger partial charge in [0.25, 0.3) is 0 Å². The van der Waals surface area contributed by atoms with Gasteiger partial charge in [-0.05, 0) is 24.5 Å². The Morgan fingerprint density at radius 3 is 3.04 bits per heavy atom. The minimum Gasteiger partial charge on any atom is -0.351 e. The van der Waals surface area contributed by atoms with Crippen molar-refractivity contribution in [2.45, 2.75) is 62.9 Å². The van der Waals surface area contributed by atoms with Crippen LogP contribution in [0.5, 0.6) is 0 Å². The third kappa shape index (κ3) is 3.37. The van der Waals surface area contributed by atoms with E-state index in [2.05, 4.69) is 34.8 Å². The third-order valence-electron chi connectivity index (χ3n) is 5.34. The maximum absolute atomic E-state index is 12.5. The molecule has 2 heterocycles. The van der Waals surface area contributed by atoms with Crippen molar-refractivity contribution < 1.29 is 9.59 Å². The fraction of sp³-hybridized carbons (Fsp3) is 0.611. The predicted molar refractivity (Wildman–Crippen MR) is 91.5 cm³/mol. The standard InChI is InChI=1S/C18H26N4O2/c1-17(2,13-6-5-9-19-11-13)12-20-16(24)22-18-8-4-3-7-14(18)21-15(23)10-18/h5-6,9,11,14H,3-4,7-8,10,12H2,1-2H3,(H,21,23)(H2,20,22,24)/t14-,18+/m0/s1. The topological polar surface area (TPSA) is 83.1 Å². The second-order valence-corrected chi connectivity index (χ2v) is 7.63. The van der Waals surface area contributed by atoms with E-state index >= 15 is 0 Å². The molecule has 24 heavy (non-hydrogen) atoms. The van der Waals surface area contributed by atoms with Gasteiger partial charge in [0.15, 0.2) is 0 Å². The summed E-state index contributed by atoms with van der Waals surface area (Å²) in [5.74, 6) is 0.0397. The Balaban J connectivity index is 1.60. The fourth-order valence-corrected chi connectivity index (χ4v) is 3.82. The summed E-state index contributed by atoms with van der Waals surface area (Å²) < 4.78 is 0. The second kappa shape index (κ2) is 6.42. The third-order valence-corrected chi connectivity index (χ3v) is 5.34. The first-order chi connectivity index (χ1) is 11.4. The van der Waals surface area contributed by atoms with Gasteiger partial charge in [-0.25, -0.2) is 4.79 Å². The van der Waals surface area contributed by atoms with Crippen molar-refractivity contribution in [1.29, 1.82) is 0 Å². The van der Waals surface area contributed by atoms with Gasteiger partial charge in [0.05, 0.1) is 18.0 Å². The smallest absolute Gasteiger partial charge is 0.315 e. The molecule has 2 fully saturated rings. The van der Waals surface area contributed by atoms with E-state index in [0.29, 0.717) is 13.0 Å². The highest BCUT2D eigenvalue weighted by atomic mass is 16.2. The lowest BCUT2D eigenvalue weighted by molar-refractivity contribution is -0.119. The van der Waals surface area contributed by atoms with Crippen molar-refractivity contribution in [3.63, 3.8) is 0 Å². The van der Waals surface area contributed by atoms with Gasteiger partial charge in [0.2, 0.25) is 5.91 Å². The largest absolute Gasteiger partial charge is 0.351 e. The molecule has 1 aliphatic heterocycles. The van der Waals surface area contributed by atoms with Crippen LogP contribution in [0.4, 0.5) is 4.79 Å². The summed E-state index contributed by atoms with van der Waals surface area (Å²) >= 11 is 0. The Bertz CT molecular complexity index is 617. The van der Waals surface area contributed by atoms with Gasteiger partial charge >= 0.3 is 6.03 Å². The predicted octanol–water partition coefficient (Wildman–Crippen LogP) is 1.86. The summed E-state index contributed by atoms with van der Waals surface area (Å²) in [5.41, 5.74) is 0.452. The summed E-state index contributed by atoms with van der Waals surface area (Å²) in [7, 11) is 0.